The largest absolute Gasteiger partial charge is 0.465 e. The molecule has 1 N–H and O–H groups in total. The summed E-state index contributed by atoms with van der Waals surface area (Å²) in [5.41, 5.74) is 0.932. The maximum Gasteiger partial charge on any atom is 0.338 e. The lowest BCUT2D eigenvalue weighted by atomic mass is 10.1. The summed E-state index contributed by atoms with van der Waals surface area (Å²) in [5.74, 6) is -0.634. The SMILES string of the molecule is CCN(CC)S(=O)(=O)c1ccc(NS(=O)(=O)c2ccc(C)c(C(=O)OC)c2)cc1. The van der Waals surface area contributed by atoms with Gasteiger partial charge < -0.3 is 4.74 Å². The second-order valence-corrected chi connectivity index (χ2v) is 9.81. The molecule has 29 heavy (non-hydrogen) atoms. The van der Waals surface area contributed by atoms with E-state index in [1.807, 2.05) is 0 Å². The van der Waals surface area contributed by atoms with Gasteiger partial charge in [0.15, 0.2) is 0 Å². The van der Waals surface area contributed by atoms with Gasteiger partial charge in [-0.2, -0.15) is 4.31 Å². The normalized spacial score (nSPS) is 12.0. The van der Waals surface area contributed by atoms with E-state index >= 15 is 0 Å². The van der Waals surface area contributed by atoms with E-state index in [-0.39, 0.29) is 21.0 Å². The number of esters is 1. The van der Waals surface area contributed by atoms with Crippen molar-refractivity contribution in [3.8, 4) is 0 Å². The van der Waals surface area contributed by atoms with Crippen LogP contribution in [0.2, 0.25) is 0 Å². The molecule has 158 valence electrons. The number of carbonyl (C=O) groups excluding carboxylic acids is 1. The minimum Gasteiger partial charge on any atom is -0.465 e. The Labute approximate surface area is 171 Å². The quantitative estimate of drug-likeness (QED) is 0.632. The molecular formula is C19H24N2O6S2. The minimum atomic E-state index is -3.99. The number of methoxy groups -OCH3 is 1. The Morgan fingerprint density at radius 2 is 1.52 bits per heavy atom. The second kappa shape index (κ2) is 8.93. The van der Waals surface area contributed by atoms with Crippen molar-refractivity contribution in [3.63, 3.8) is 0 Å². The van der Waals surface area contributed by atoms with Gasteiger partial charge in [0, 0.05) is 18.8 Å². The van der Waals surface area contributed by atoms with Crippen LogP contribution >= 0.6 is 0 Å². The molecule has 0 aliphatic rings. The van der Waals surface area contributed by atoms with E-state index in [0.717, 1.165) is 0 Å². The standard InChI is InChI=1S/C19H24N2O6S2/c1-5-21(6-2)29(25,26)16-11-8-15(9-12-16)20-28(23,24)17-10-7-14(3)18(13-17)19(22)27-4/h7-13,20H,5-6H2,1-4H3. The first kappa shape index (κ1) is 22.9. The number of ether oxygens (including phenoxy) is 1. The highest BCUT2D eigenvalue weighted by molar-refractivity contribution is 7.92. The zero-order valence-electron chi connectivity index (χ0n) is 16.7. The summed E-state index contributed by atoms with van der Waals surface area (Å²) in [4.78, 5) is 11.8. The zero-order valence-corrected chi connectivity index (χ0v) is 18.3. The van der Waals surface area contributed by atoms with Gasteiger partial charge in [0.2, 0.25) is 10.0 Å². The lowest BCUT2D eigenvalue weighted by Crippen LogP contribution is -2.30. The first-order valence-electron chi connectivity index (χ1n) is 8.88. The van der Waals surface area contributed by atoms with Crippen molar-refractivity contribution < 1.29 is 26.4 Å². The highest BCUT2D eigenvalue weighted by Gasteiger charge is 2.22. The number of benzene rings is 2. The fourth-order valence-electron chi connectivity index (χ4n) is 2.72. The third-order valence-corrected chi connectivity index (χ3v) is 7.82. The van der Waals surface area contributed by atoms with Crippen LogP contribution in [0.15, 0.2) is 52.3 Å². The van der Waals surface area contributed by atoms with Gasteiger partial charge >= 0.3 is 5.97 Å². The van der Waals surface area contributed by atoms with Crippen LogP contribution < -0.4 is 4.72 Å². The van der Waals surface area contributed by atoms with Crippen LogP contribution in [0.4, 0.5) is 5.69 Å². The Hall–Kier alpha value is -2.43. The Kier molecular flexibility index (Phi) is 7.04. The van der Waals surface area contributed by atoms with E-state index < -0.39 is 26.0 Å². The van der Waals surface area contributed by atoms with Gasteiger partial charge in [-0.05, 0) is 48.9 Å². The average Bonchev–Trinajstić information content (AvgIpc) is 2.68. The predicted octanol–water partition coefficient (Wildman–Crippen LogP) is 2.61. The molecule has 0 fully saturated rings. The van der Waals surface area contributed by atoms with Crippen molar-refractivity contribution in [2.45, 2.75) is 30.6 Å². The maximum atomic E-state index is 12.7. The van der Waals surface area contributed by atoms with E-state index in [4.69, 9.17) is 0 Å². The Morgan fingerprint density at radius 1 is 0.966 bits per heavy atom. The number of nitrogens with zero attached hydrogens (tertiary/aromatic N) is 1. The molecule has 0 radical (unpaired) electrons. The molecule has 0 unspecified atom stereocenters. The van der Waals surface area contributed by atoms with Crippen molar-refractivity contribution in [1.29, 1.82) is 0 Å². The van der Waals surface area contributed by atoms with E-state index in [1.54, 1.807) is 20.8 Å². The fourth-order valence-corrected chi connectivity index (χ4v) is 5.26. The molecule has 2 aromatic rings. The molecule has 2 aromatic carbocycles. The molecule has 2 rings (SSSR count). The molecule has 0 atom stereocenters. The van der Waals surface area contributed by atoms with E-state index in [9.17, 15) is 21.6 Å². The van der Waals surface area contributed by atoms with E-state index in [2.05, 4.69) is 9.46 Å². The summed E-state index contributed by atoms with van der Waals surface area (Å²) < 4.78 is 58.7. The molecule has 10 heteroatoms. The number of rotatable bonds is 8. The second-order valence-electron chi connectivity index (χ2n) is 6.19. The van der Waals surface area contributed by atoms with E-state index in [0.29, 0.717) is 18.7 Å². The first-order valence-corrected chi connectivity index (χ1v) is 11.8. The molecule has 0 spiro atoms. The van der Waals surface area contributed by atoms with Crippen LogP contribution in [0.1, 0.15) is 29.8 Å². The van der Waals surface area contributed by atoms with Crippen molar-refractivity contribution >= 4 is 31.7 Å². The van der Waals surface area contributed by atoms with Gasteiger partial charge in [0.05, 0.1) is 22.5 Å². The summed E-state index contributed by atoms with van der Waals surface area (Å²) in [7, 11) is -6.40. The number of hydrogen-bond donors (Lipinski definition) is 1. The molecule has 0 amide bonds. The van der Waals surface area contributed by atoms with Crippen LogP contribution in [-0.2, 0) is 24.8 Å². The van der Waals surface area contributed by atoms with Crippen molar-refractivity contribution in [2.24, 2.45) is 0 Å². The topological polar surface area (TPSA) is 110 Å². The maximum absolute atomic E-state index is 12.7. The number of carbonyl (C=O) groups is 1. The first-order chi connectivity index (χ1) is 13.6. The number of nitrogens with one attached hydrogen (secondary N) is 1. The molecular weight excluding hydrogens is 416 g/mol. The van der Waals surface area contributed by atoms with Gasteiger partial charge in [0.1, 0.15) is 0 Å². The van der Waals surface area contributed by atoms with Crippen LogP contribution in [-0.4, -0.2) is 47.3 Å². The van der Waals surface area contributed by atoms with Gasteiger partial charge in [-0.25, -0.2) is 21.6 Å². The molecule has 8 nitrogen and oxygen atoms in total. The number of sulfonamides is 2. The monoisotopic (exact) mass is 440 g/mol. The Morgan fingerprint density at radius 3 is 2.03 bits per heavy atom. The highest BCUT2D eigenvalue weighted by Crippen LogP contribution is 2.22. The lowest BCUT2D eigenvalue weighted by Gasteiger charge is -2.18. The summed E-state index contributed by atoms with van der Waals surface area (Å²) in [5, 5.41) is 0. The van der Waals surface area contributed by atoms with E-state index in [1.165, 1.54) is 53.9 Å². The number of hydrogen-bond acceptors (Lipinski definition) is 6. The predicted molar refractivity (Wildman–Crippen MR) is 110 cm³/mol. The number of anilines is 1. The van der Waals surface area contributed by atoms with Crippen LogP contribution in [0.3, 0.4) is 0 Å². The smallest absolute Gasteiger partial charge is 0.338 e. The minimum absolute atomic E-state index is 0.0764. The summed E-state index contributed by atoms with van der Waals surface area (Å²) >= 11 is 0. The molecule has 0 saturated carbocycles. The highest BCUT2D eigenvalue weighted by atomic mass is 32.2. The molecule has 0 aliphatic carbocycles. The van der Waals surface area contributed by atoms with Gasteiger partial charge in [-0.3, -0.25) is 4.72 Å². The van der Waals surface area contributed by atoms with Crippen molar-refractivity contribution in [3.05, 3.63) is 53.6 Å². The average molecular weight is 441 g/mol. The van der Waals surface area contributed by atoms with Gasteiger partial charge in [-0.1, -0.05) is 19.9 Å². The Balaban J connectivity index is 2.31. The molecule has 0 heterocycles. The summed E-state index contributed by atoms with van der Waals surface area (Å²) in [6.45, 7) is 5.83. The van der Waals surface area contributed by atoms with Gasteiger partial charge in [0.25, 0.3) is 10.0 Å². The molecule has 0 aromatic heterocycles. The van der Waals surface area contributed by atoms with Gasteiger partial charge in [-0.15, -0.1) is 0 Å². The Bertz CT molecular complexity index is 1090. The zero-order chi connectivity index (χ0) is 21.8. The lowest BCUT2D eigenvalue weighted by molar-refractivity contribution is 0.0599. The van der Waals surface area contributed by atoms with Crippen molar-refractivity contribution in [2.75, 3.05) is 24.9 Å². The third kappa shape index (κ3) is 4.95. The summed E-state index contributed by atoms with van der Waals surface area (Å²) in [6.07, 6.45) is 0. The molecule has 0 bridgehead atoms. The van der Waals surface area contributed by atoms with Crippen LogP contribution in [0, 0.1) is 6.92 Å². The van der Waals surface area contributed by atoms with Crippen LogP contribution in [0.25, 0.3) is 0 Å². The number of aryl methyl sites for hydroxylation is 1. The fraction of sp³-hybridized carbons (Fsp3) is 0.316. The third-order valence-electron chi connectivity index (χ3n) is 4.37. The molecule has 0 saturated heterocycles. The summed E-state index contributed by atoms with van der Waals surface area (Å²) in [6, 6.07) is 9.58. The molecule has 0 aliphatic heterocycles. The van der Waals surface area contributed by atoms with Crippen molar-refractivity contribution in [1.82, 2.24) is 4.31 Å². The van der Waals surface area contributed by atoms with Crippen LogP contribution in [0.5, 0.6) is 0 Å².